The molecule has 0 spiro atoms. The van der Waals surface area contributed by atoms with Crippen molar-refractivity contribution < 1.29 is 0 Å². The van der Waals surface area contributed by atoms with Crippen LogP contribution in [0.25, 0.3) is 0 Å². The van der Waals surface area contributed by atoms with Crippen LogP contribution in [0.15, 0.2) is 0 Å². The molecule has 0 aromatic carbocycles. The summed E-state index contributed by atoms with van der Waals surface area (Å²) in [6.07, 6.45) is 2.49. The van der Waals surface area contributed by atoms with Crippen molar-refractivity contribution in [1.29, 1.82) is 0 Å². The standard InChI is InChI=1S/C14H30N2/c1-7-12(3)9-16-11-14(6,8-2)15-10-13(16,4)5/h12,15H,7-11H2,1-6H3. The fourth-order valence-corrected chi connectivity index (χ4v) is 2.29. The summed E-state index contributed by atoms with van der Waals surface area (Å²) in [6.45, 7) is 17.5. The van der Waals surface area contributed by atoms with Crippen LogP contribution in [0.3, 0.4) is 0 Å². The first-order valence-corrected chi connectivity index (χ1v) is 6.83. The second-order valence-electron chi connectivity index (χ2n) is 6.47. The predicted molar refractivity (Wildman–Crippen MR) is 71.8 cm³/mol. The second kappa shape index (κ2) is 5.05. The largest absolute Gasteiger partial charge is 0.308 e. The van der Waals surface area contributed by atoms with Crippen molar-refractivity contribution in [2.75, 3.05) is 19.6 Å². The lowest BCUT2D eigenvalue weighted by Gasteiger charge is -2.51. The Hall–Kier alpha value is -0.0800. The summed E-state index contributed by atoms with van der Waals surface area (Å²) in [7, 11) is 0. The van der Waals surface area contributed by atoms with Crippen molar-refractivity contribution in [1.82, 2.24) is 10.2 Å². The first-order chi connectivity index (χ1) is 7.33. The van der Waals surface area contributed by atoms with Crippen LogP contribution in [0.5, 0.6) is 0 Å². The van der Waals surface area contributed by atoms with Gasteiger partial charge in [0, 0.05) is 30.7 Å². The maximum atomic E-state index is 3.71. The first kappa shape index (κ1) is 14.0. The summed E-state index contributed by atoms with van der Waals surface area (Å²) in [6, 6.07) is 0. The summed E-state index contributed by atoms with van der Waals surface area (Å²) in [5.41, 5.74) is 0.612. The fourth-order valence-electron chi connectivity index (χ4n) is 2.29. The van der Waals surface area contributed by atoms with Gasteiger partial charge in [0.15, 0.2) is 0 Å². The van der Waals surface area contributed by atoms with Gasteiger partial charge in [-0.1, -0.05) is 27.2 Å². The molecule has 2 atom stereocenters. The van der Waals surface area contributed by atoms with E-state index in [-0.39, 0.29) is 0 Å². The molecule has 2 nitrogen and oxygen atoms in total. The van der Waals surface area contributed by atoms with E-state index in [4.69, 9.17) is 0 Å². The highest BCUT2D eigenvalue weighted by Gasteiger charge is 2.39. The normalized spacial score (nSPS) is 32.6. The molecule has 0 aromatic heterocycles. The highest BCUT2D eigenvalue weighted by Crippen LogP contribution is 2.26. The van der Waals surface area contributed by atoms with Crippen molar-refractivity contribution in [2.45, 2.75) is 65.5 Å². The summed E-state index contributed by atoms with van der Waals surface area (Å²) >= 11 is 0. The number of hydrogen-bond donors (Lipinski definition) is 1. The first-order valence-electron chi connectivity index (χ1n) is 6.83. The van der Waals surface area contributed by atoms with Crippen LogP contribution in [0.2, 0.25) is 0 Å². The van der Waals surface area contributed by atoms with Crippen molar-refractivity contribution in [2.24, 2.45) is 5.92 Å². The minimum Gasteiger partial charge on any atom is -0.308 e. The van der Waals surface area contributed by atoms with Crippen LogP contribution in [-0.2, 0) is 0 Å². The Labute approximate surface area is 102 Å². The number of piperazine rings is 1. The number of nitrogens with one attached hydrogen (secondary N) is 1. The van der Waals surface area contributed by atoms with Gasteiger partial charge in [-0.25, -0.2) is 0 Å². The van der Waals surface area contributed by atoms with Gasteiger partial charge in [-0.3, -0.25) is 4.90 Å². The zero-order valence-electron chi connectivity index (χ0n) is 12.1. The van der Waals surface area contributed by atoms with E-state index in [1.807, 2.05) is 0 Å². The Bertz CT molecular complexity index is 225. The van der Waals surface area contributed by atoms with E-state index in [9.17, 15) is 0 Å². The molecule has 1 saturated heterocycles. The van der Waals surface area contributed by atoms with Gasteiger partial charge in [0.1, 0.15) is 0 Å². The van der Waals surface area contributed by atoms with Gasteiger partial charge < -0.3 is 5.32 Å². The van der Waals surface area contributed by atoms with Gasteiger partial charge in [-0.2, -0.15) is 0 Å². The van der Waals surface area contributed by atoms with E-state index >= 15 is 0 Å². The monoisotopic (exact) mass is 226 g/mol. The molecule has 1 rings (SSSR count). The van der Waals surface area contributed by atoms with Gasteiger partial charge in [-0.05, 0) is 33.1 Å². The highest BCUT2D eigenvalue weighted by molar-refractivity contribution is 4.99. The smallest absolute Gasteiger partial charge is 0.0278 e. The van der Waals surface area contributed by atoms with Gasteiger partial charge in [0.05, 0.1) is 0 Å². The Balaban J connectivity index is 2.69. The topological polar surface area (TPSA) is 15.3 Å². The molecule has 0 bridgehead atoms. The minimum atomic E-state index is 0.304. The third-order valence-corrected chi connectivity index (χ3v) is 4.35. The van der Waals surface area contributed by atoms with Crippen LogP contribution in [0.4, 0.5) is 0 Å². The molecule has 16 heavy (non-hydrogen) atoms. The summed E-state index contributed by atoms with van der Waals surface area (Å²) in [4.78, 5) is 2.68. The Morgan fingerprint density at radius 3 is 2.38 bits per heavy atom. The second-order valence-corrected chi connectivity index (χ2v) is 6.47. The average molecular weight is 226 g/mol. The molecule has 0 amide bonds. The third kappa shape index (κ3) is 3.21. The predicted octanol–water partition coefficient (Wildman–Crippen LogP) is 2.89. The van der Waals surface area contributed by atoms with Crippen LogP contribution in [-0.4, -0.2) is 35.6 Å². The highest BCUT2D eigenvalue weighted by atomic mass is 15.3. The molecule has 1 fully saturated rings. The third-order valence-electron chi connectivity index (χ3n) is 4.35. The fraction of sp³-hybridized carbons (Fsp3) is 1.00. The lowest BCUT2D eigenvalue weighted by atomic mass is 9.87. The summed E-state index contributed by atoms with van der Waals surface area (Å²) in [5.74, 6) is 0.804. The molecule has 1 aliphatic rings. The lowest BCUT2D eigenvalue weighted by molar-refractivity contribution is 0.0204. The Morgan fingerprint density at radius 2 is 1.88 bits per heavy atom. The molecule has 0 aromatic rings. The average Bonchev–Trinajstić information content (AvgIpc) is 2.24. The quantitative estimate of drug-likeness (QED) is 0.793. The molecule has 0 radical (unpaired) electrons. The van der Waals surface area contributed by atoms with Gasteiger partial charge in [0.25, 0.3) is 0 Å². The van der Waals surface area contributed by atoms with E-state index in [2.05, 4.69) is 51.8 Å². The molecule has 1 heterocycles. The molecular weight excluding hydrogens is 196 g/mol. The van der Waals surface area contributed by atoms with Gasteiger partial charge >= 0.3 is 0 Å². The molecule has 1 N–H and O–H groups in total. The maximum Gasteiger partial charge on any atom is 0.0278 e. The van der Waals surface area contributed by atoms with Crippen molar-refractivity contribution in [3.05, 3.63) is 0 Å². The van der Waals surface area contributed by atoms with Gasteiger partial charge in [-0.15, -0.1) is 0 Å². The molecule has 0 saturated carbocycles. The van der Waals surface area contributed by atoms with Crippen molar-refractivity contribution in [3.8, 4) is 0 Å². The van der Waals surface area contributed by atoms with Gasteiger partial charge in [0.2, 0.25) is 0 Å². The van der Waals surface area contributed by atoms with Crippen LogP contribution in [0, 0.1) is 5.92 Å². The molecular formula is C14H30N2. The minimum absolute atomic E-state index is 0.304. The van der Waals surface area contributed by atoms with E-state index in [0.29, 0.717) is 11.1 Å². The Kier molecular flexibility index (Phi) is 4.42. The van der Waals surface area contributed by atoms with E-state index < -0.39 is 0 Å². The summed E-state index contributed by atoms with van der Waals surface area (Å²) < 4.78 is 0. The SMILES string of the molecule is CCC(C)CN1CC(C)(CC)NCC1(C)C. The number of hydrogen-bond acceptors (Lipinski definition) is 2. The lowest BCUT2D eigenvalue weighted by Crippen LogP contribution is -2.67. The van der Waals surface area contributed by atoms with Crippen molar-refractivity contribution >= 4 is 0 Å². The van der Waals surface area contributed by atoms with Crippen molar-refractivity contribution in [3.63, 3.8) is 0 Å². The molecule has 0 aliphatic carbocycles. The van der Waals surface area contributed by atoms with Crippen LogP contribution < -0.4 is 5.32 Å². The molecule has 1 aliphatic heterocycles. The maximum absolute atomic E-state index is 3.71. The summed E-state index contributed by atoms with van der Waals surface area (Å²) in [5, 5.41) is 3.71. The van der Waals surface area contributed by atoms with E-state index in [0.717, 1.165) is 12.5 Å². The zero-order chi connectivity index (χ0) is 12.4. The van der Waals surface area contributed by atoms with E-state index in [1.165, 1.54) is 25.9 Å². The molecule has 96 valence electrons. The number of nitrogens with zero attached hydrogens (tertiary/aromatic N) is 1. The zero-order valence-corrected chi connectivity index (χ0v) is 12.1. The molecule has 2 unspecified atom stereocenters. The molecule has 2 heteroatoms. The Morgan fingerprint density at radius 1 is 1.25 bits per heavy atom. The number of rotatable bonds is 4. The van der Waals surface area contributed by atoms with Crippen LogP contribution in [0.1, 0.15) is 54.4 Å². The van der Waals surface area contributed by atoms with Crippen LogP contribution >= 0.6 is 0 Å². The van der Waals surface area contributed by atoms with E-state index in [1.54, 1.807) is 0 Å².